The molecule has 0 spiro atoms. The minimum absolute atomic E-state index is 0.0583. The predicted molar refractivity (Wildman–Crippen MR) is 76.0 cm³/mol. The van der Waals surface area contributed by atoms with Gasteiger partial charge in [-0.25, -0.2) is 0 Å². The highest BCUT2D eigenvalue weighted by atomic mass is 19.4. The van der Waals surface area contributed by atoms with Crippen molar-refractivity contribution >= 4 is 0 Å². The first-order valence-corrected chi connectivity index (χ1v) is 7.74. The third kappa shape index (κ3) is 4.22. The standard InChI is InChI=1S/C16H19F6NO/c17-15(18,19)10-6-7-11(12(8-10)16(20,21)22)13(23)14(24)9-4-2-1-3-5-9/h6-9,13-14,24H,1-5,23H2/t13-,14+/m0/s1. The Bertz CT molecular complexity index is 563. The Hall–Kier alpha value is -1.28. The molecule has 2 nitrogen and oxygen atoms in total. The van der Waals surface area contributed by atoms with E-state index in [0.29, 0.717) is 18.9 Å². The van der Waals surface area contributed by atoms with E-state index in [2.05, 4.69) is 0 Å². The Kier molecular flexibility index (Phi) is 5.49. The lowest BCUT2D eigenvalue weighted by Crippen LogP contribution is -2.35. The second kappa shape index (κ2) is 6.92. The van der Waals surface area contributed by atoms with Crippen molar-refractivity contribution in [2.45, 2.75) is 56.6 Å². The summed E-state index contributed by atoms with van der Waals surface area (Å²) in [6, 6.07) is -0.0320. The van der Waals surface area contributed by atoms with E-state index in [9.17, 15) is 31.4 Å². The molecule has 0 unspecified atom stereocenters. The summed E-state index contributed by atoms with van der Waals surface area (Å²) in [5.74, 6) is -0.239. The number of alkyl halides is 6. The Labute approximate surface area is 135 Å². The molecule has 24 heavy (non-hydrogen) atoms. The number of aliphatic hydroxyl groups excluding tert-OH is 1. The lowest BCUT2D eigenvalue weighted by molar-refractivity contribution is -0.143. The van der Waals surface area contributed by atoms with E-state index in [1.165, 1.54) is 0 Å². The normalized spacial score (nSPS) is 20.0. The molecule has 8 heteroatoms. The molecule has 1 aliphatic carbocycles. The third-order valence-electron chi connectivity index (χ3n) is 4.55. The van der Waals surface area contributed by atoms with Crippen molar-refractivity contribution in [2.24, 2.45) is 11.7 Å². The summed E-state index contributed by atoms with van der Waals surface area (Å²) in [5.41, 5.74) is 2.45. The van der Waals surface area contributed by atoms with Gasteiger partial charge in [0.25, 0.3) is 0 Å². The molecule has 0 bridgehead atoms. The molecule has 2 atom stereocenters. The van der Waals surface area contributed by atoms with Gasteiger partial charge >= 0.3 is 12.4 Å². The quantitative estimate of drug-likeness (QED) is 0.775. The lowest BCUT2D eigenvalue weighted by Gasteiger charge is -2.31. The maximum absolute atomic E-state index is 13.2. The molecule has 1 fully saturated rings. The van der Waals surface area contributed by atoms with Crippen molar-refractivity contribution in [3.05, 3.63) is 34.9 Å². The molecule has 0 saturated heterocycles. The number of nitrogens with two attached hydrogens (primary N) is 1. The molecule has 1 aliphatic rings. The van der Waals surface area contributed by atoms with Crippen molar-refractivity contribution in [3.63, 3.8) is 0 Å². The highest BCUT2D eigenvalue weighted by Crippen LogP contribution is 2.40. The molecule has 136 valence electrons. The van der Waals surface area contributed by atoms with Gasteiger partial charge in [-0.15, -0.1) is 0 Å². The van der Waals surface area contributed by atoms with E-state index in [1.54, 1.807) is 0 Å². The first-order chi connectivity index (χ1) is 11.0. The highest BCUT2D eigenvalue weighted by molar-refractivity contribution is 5.38. The van der Waals surface area contributed by atoms with Crippen molar-refractivity contribution in [1.82, 2.24) is 0 Å². The number of hydrogen-bond donors (Lipinski definition) is 2. The zero-order chi connectivity index (χ0) is 18.1. The minimum atomic E-state index is -4.99. The Morgan fingerprint density at radius 3 is 2.04 bits per heavy atom. The van der Waals surface area contributed by atoms with E-state index in [0.717, 1.165) is 25.3 Å². The van der Waals surface area contributed by atoms with Crippen LogP contribution in [0.2, 0.25) is 0 Å². The summed E-state index contributed by atoms with van der Waals surface area (Å²) in [6.07, 6.45) is -7.09. The molecular weight excluding hydrogens is 336 g/mol. The van der Waals surface area contributed by atoms with Crippen LogP contribution in [0, 0.1) is 5.92 Å². The number of benzene rings is 1. The maximum atomic E-state index is 13.2. The average molecular weight is 355 g/mol. The number of hydrogen-bond acceptors (Lipinski definition) is 2. The molecule has 0 amide bonds. The average Bonchev–Trinajstić information content (AvgIpc) is 2.52. The number of aliphatic hydroxyl groups is 1. The van der Waals surface area contributed by atoms with Crippen LogP contribution in [0.5, 0.6) is 0 Å². The van der Waals surface area contributed by atoms with Crippen LogP contribution in [-0.2, 0) is 12.4 Å². The van der Waals surface area contributed by atoms with E-state index in [4.69, 9.17) is 5.73 Å². The van der Waals surface area contributed by atoms with Gasteiger partial charge in [0.15, 0.2) is 0 Å². The lowest BCUT2D eigenvalue weighted by atomic mass is 9.80. The number of halogens is 6. The predicted octanol–water partition coefficient (Wildman–Crippen LogP) is 4.67. The summed E-state index contributed by atoms with van der Waals surface area (Å²) < 4.78 is 77.6. The van der Waals surface area contributed by atoms with Gasteiger partial charge in [0.1, 0.15) is 0 Å². The summed E-state index contributed by atoms with van der Waals surface area (Å²) >= 11 is 0. The molecule has 1 aromatic rings. The van der Waals surface area contributed by atoms with Gasteiger partial charge in [-0.05, 0) is 36.5 Å². The first-order valence-electron chi connectivity index (χ1n) is 7.74. The minimum Gasteiger partial charge on any atom is -0.391 e. The van der Waals surface area contributed by atoms with Gasteiger partial charge < -0.3 is 10.8 Å². The Morgan fingerprint density at radius 2 is 1.54 bits per heavy atom. The van der Waals surface area contributed by atoms with Crippen molar-refractivity contribution in [1.29, 1.82) is 0 Å². The van der Waals surface area contributed by atoms with Gasteiger partial charge in [-0.1, -0.05) is 25.3 Å². The van der Waals surface area contributed by atoms with Crippen LogP contribution in [0.25, 0.3) is 0 Å². The van der Waals surface area contributed by atoms with E-state index < -0.39 is 41.2 Å². The van der Waals surface area contributed by atoms with Crippen LogP contribution in [0.1, 0.15) is 54.8 Å². The van der Waals surface area contributed by atoms with Crippen molar-refractivity contribution < 1.29 is 31.4 Å². The van der Waals surface area contributed by atoms with E-state index in [-0.39, 0.29) is 12.0 Å². The molecular formula is C16H19F6NO. The van der Waals surface area contributed by atoms with Crippen LogP contribution in [0.3, 0.4) is 0 Å². The monoisotopic (exact) mass is 355 g/mol. The Balaban J connectivity index is 2.37. The highest BCUT2D eigenvalue weighted by Gasteiger charge is 2.40. The van der Waals surface area contributed by atoms with Crippen LogP contribution < -0.4 is 5.73 Å². The largest absolute Gasteiger partial charge is 0.416 e. The Morgan fingerprint density at radius 1 is 0.958 bits per heavy atom. The van der Waals surface area contributed by atoms with Crippen LogP contribution in [0.4, 0.5) is 26.3 Å². The van der Waals surface area contributed by atoms with Gasteiger partial charge in [0.05, 0.1) is 23.3 Å². The van der Waals surface area contributed by atoms with Crippen LogP contribution >= 0.6 is 0 Å². The fraction of sp³-hybridized carbons (Fsp3) is 0.625. The van der Waals surface area contributed by atoms with Crippen LogP contribution in [-0.4, -0.2) is 11.2 Å². The second-order valence-corrected chi connectivity index (χ2v) is 6.21. The zero-order valence-corrected chi connectivity index (χ0v) is 12.8. The molecule has 2 rings (SSSR count). The fourth-order valence-electron chi connectivity index (χ4n) is 3.22. The van der Waals surface area contributed by atoms with Gasteiger partial charge in [-0.2, -0.15) is 26.3 Å². The third-order valence-corrected chi connectivity index (χ3v) is 4.55. The number of rotatable bonds is 3. The molecule has 0 aromatic heterocycles. The van der Waals surface area contributed by atoms with Gasteiger partial charge in [0.2, 0.25) is 0 Å². The molecule has 1 aromatic carbocycles. The van der Waals surface area contributed by atoms with Gasteiger partial charge in [0, 0.05) is 0 Å². The van der Waals surface area contributed by atoms with Gasteiger partial charge in [-0.3, -0.25) is 0 Å². The molecule has 1 saturated carbocycles. The molecule has 0 radical (unpaired) electrons. The molecule has 0 heterocycles. The summed E-state index contributed by atoms with van der Waals surface area (Å²) in [4.78, 5) is 0. The van der Waals surface area contributed by atoms with Crippen molar-refractivity contribution in [2.75, 3.05) is 0 Å². The topological polar surface area (TPSA) is 46.2 Å². The van der Waals surface area contributed by atoms with E-state index in [1.807, 2.05) is 0 Å². The molecule has 0 aliphatic heterocycles. The van der Waals surface area contributed by atoms with Crippen molar-refractivity contribution in [3.8, 4) is 0 Å². The first kappa shape index (κ1) is 19.1. The SMILES string of the molecule is N[C@@H](c1ccc(C(F)(F)F)cc1C(F)(F)F)[C@H](O)C1CCCCC1. The zero-order valence-electron chi connectivity index (χ0n) is 12.8. The smallest absolute Gasteiger partial charge is 0.391 e. The molecule has 3 N–H and O–H groups in total. The fourth-order valence-corrected chi connectivity index (χ4v) is 3.22. The second-order valence-electron chi connectivity index (χ2n) is 6.21. The summed E-state index contributed by atoms with van der Waals surface area (Å²) in [6.45, 7) is 0. The van der Waals surface area contributed by atoms with Crippen LogP contribution in [0.15, 0.2) is 18.2 Å². The summed E-state index contributed by atoms with van der Waals surface area (Å²) in [7, 11) is 0. The maximum Gasteiger partial charge on any atom is 0.416 e. The van der Waals surface area contributed by atoms with E-state index >= 15 is 0 Å². The summed E-state index contributed by atoms with van der Waals surface area (Å²) in [5, 5.41) is 10.3.